The number of morpholine rings is 1. The van der Waals surface area contributed by atoms with Gasteiger partial charge in [0.25, 0.3) is 0 Å². The first-order chi connectivity index (χ1) is 18.0. The molecule has 2 aromatic rings. The molecule has 0 unspecified atom stereocenters. The fourth-order valence-electron chi connectivity index (χ4n) is 5.43. The van der Waals surface area contributed by atoms with Crippen molar-refractivity contribution in [2.75, 3.05) is 68.1 Å². The van der Waals surface area contributed by atoms with Crippen molar-refractivity contribution in [1.29, 1.82) is 0 Å². The molecule has 3 atom stereocenters. The summed E-state index contributed by atoms with van der Waals surface area (Å²) in [4.78, 5) is 33.6. The van der Waals surface area contributed by atoms with Gasteiger partial charge in [0.15, 0.2) is 5.82 Å². The second-order valence-electron chi connectivity index (χ2n) is 10.6. The van der Waals surface area contributed by atoms with E-state index in [1.54, 1.807) is 0 Å². The smallest absolute Gasteiger partial charge is 0.243 e. The Hall–Kier alpha value is -3.03. The number of likely N-dealkylation sites (tertiary alicyclic amines) is 1. The number of hydrogen-bond acceptors (Lipinski definition) is 11. The van der Waals surface area contributed by atoms with Crippen LogP contribution >= 0.6 is 0 Å². The zero-order chi connectivity index (χ0) is 25.4. The quantitative estimate of drug-likeness (QED) is 0.403. The molecule has 0 radical (unpaired) electrons. The average Bonchev–Trinajstić information content (AvgIpc) is 3.52. The minimum Gasteiger partial charge on any atom is -0.391 e. The molecular weight excluding hydrogens is 476 g/mol. The summed E-state index contributed by atoms with van der Waals surface area (Å²) in [7, 11) is 2.07. The molecule has 13 nitrogen and oxygen atoms in total. The van der Waals surface area contributed by atoms with Gasteiger partial charge in [-0.25, -0.2) is 0 Å². The second-order valence-corrected chi connectivity index (χ2v) is 10.6. The number of ether oxygens (including phenoxy) is 1. The number of aliphatic hydroxyl groups excluding tert-OH is 1. The molecule has 37 heavy (non-hydrogen) atoms. The third-order valence-electron chi connectivity index (χ3n) is 7.57. The molecule has 13 heteroatoms. The molecule has 2 aromatic heterocycles. The van der Waals surface area contributed by atoms with Crippen LogP contribution in [0.15, 0.2) is 6.07 Å². The van der Waals surface area contributed by atoms with Gasteiger partial charge < -0.3 is 35.2 Å². The minimum absolute atomic E-state index is 0.0962. The molecule has 4 fully saturated rings. The molecule has 5 heterocycles. The Kier molecular flexibility index (Phi) is 6.82. The molecule has 200 valence electrons. The summed E-state index contributed by atoms with van der Waals surface area (Å²) >= 11 is 0. The molecule has 4 aliphatic rings. The molecule has 3 saturated heterocycles. The van der Waals surface area contributed by atoms with Crippen molar-refractivity contribution in [2.24, 2.45) is 0 Å². The first kappa shape index (κ1) is 24.3. The number of carbonyl (C=O) groups excluding carboxylic acids is 1. The molecule has 1 aliphatic carbocycles. The molecule has 1 amide bonds. The Morgan fingerprint density at radius 2 is 1.92 bits per heavy atom. The number of H-pyrrole nitrogens is 1. The van der Waals surface area contributed by atoms with Gasteiger partial charge in [0.1, 0.15) is 6.04 Å². The fourth-order valence-corrected chi connectivity index (χ4v) is 5.43. The van der Waals surface area contributed by atoms with Crippen LogP contribution in [-0.4, -0.2) is 112 Å². The van der Waals surface area contributed by atoms with E-state index in [2.05, 4.69) is 47.6 Å². The van der Waals surface area contributed by atoms with Crippen molar-refractivity contribution in [1.82, 2.24) is 35.4 Å². The summed E-state index contributed by atoms with van der Waals surface area (Å²) in [5, 5.41) is 24.4. The number of likely N-dealkylation sites (N-methyl/N-ethyl adjacent to an activating group) is 1. The van der Waals surface area contributed by atoms with E-state index in [1.165, 1.54) is 12.8 Å². The highest BCUT2D eigenvalue weighted by Crippen LogP contribution is 2.39. The number of piperidine rings is 1. The van der Waals surface area contributed by atoms with Crippen LogP contribution in [0.5, 0.6) is 0 Å². The van der Waals surface area contributed by atoms with Crippen molar-refractivity contribution in [3.63, 3.8) is 0 Å². The van der Waals surface area contributed by atoms with Crippen LogP contribution < -0.4 is 20.4 Å². The monoisotopic (exact) mass is 512 g/mol. The molecule has 0 spiro atoms. The van der Waals surface area contributed by atoms with E-state index >= 15 is 0 Å². The van der Waals surface area contributed by atoms with Gasteiger partial charge in [-0.05, 0) is 39.3 Å². The van der Waals surface area contributed by atoms with Crippen LogP contribution in [0.3, 0.4) is 0 Å². The number of aromatic nitrogens is 5. The summed E-state index contributed by atoms with van der Waals surface area (Å²) in [6, 6.07) is 1.54. The highest BCUT2D eigenvalue weighted by Gasteiger charge is 2.39. The highest BCUT2D eigenvalue weighted by atomic mass is 16.5. The SMILES string of the molecule is CN1CCC[C@@H](NC(=O)[C@@H]2C[C@H](O)CN2c2nc(Nc3cc(C4CC4)[nH]n3)nc(N3CCOCC3)n2)C1. The maximum Gasteiger partial charge on any atom is 0.243 e. The number of hydrogen-bond donors (Lipinski definition) is 4. The first-order valence-corrected chi connectivity index (χ1v) is 13.4. The molecule has 0 aromatic carbocycles. The van der Waals surface area contributed by atoms with Crippen molar-refractivity contribution in [3.05, 3.63) is 11.8 Å². The van der Waals surface area contributed by atoms with E-state index in [9.17, 15) is 9.90 Å². The lowest BCUT2D eigenvalue weighted by Crippen LogP contribution is -2.52. The largest absolute Gasteiger partial charge is 0.391 e. The maximum absolute atomic E-state index is 13.4. The van der Waals surface area contributed by atoms with Gasteiger partial charge in [-0.15, -0.1) is 0 Å². The van der Waals surface area contributed by atoms with Crippen LogP contribution in [0.2, 0.25) is 0 Å². The van der Waals surface area contributed by atoms with Crippen molar-refractivity contribution in [3.8, 4) is 0 Å². The van der Waals surface area contributed by atoms with Gasteiger partial charge >= 0.3 is 0 Å². The number of β-amino-alcohol motifs (C(OH)–C–C–N with tert-alkyl or cyclic N) is 1. The Morgan fingerprint density at radius 3 is 2.70 bits per heavy atom. The summed E-state index contributed by atoms with van der Waals surface area (Å²) in [5.74, 6) is 2.34. The number of nitrogens with zero attached hydrogens (tertiary/aromatic N) is 7. The summed E-state index contributed by atoms with van der Waals surface area (Å²) in [6.45, 7) is 4.67. The van der Waals surface area contributed by atoms with Gasteiger partial charge in [0.05, 0.1) is 19.3 Å². The first-order valence-electron chi connectivity index (χ1n) is 13.4. The number of nitrogens with one attached hydrogen (secondary N) is 3. The number of rotatable bonds is 7. The number of aromatic amines is 1. The van der Waals surface area contributed by atoms with Crippen molar-refractivity contribution in [2.45, 2.75) is 56.2 Å². The van der Waals surface area contributed by atoms with E-state index in [0.29, 0.717) is 62.3 Å². The number of aliphatic hydroxyl groups is 1. The van der Waals surface area contributed by atoms with Crippen molar-refractivity contribution >= 4 is 29.6 Å². The standard InChI is InChI=1S/C24H36N10O3/c1-32-6-2-3-16(13-32)25-21(36)19-11-17(35)14-34(19)24-28-22(26-20-12-18(30-31-20)15-4-5-15)27-23(29-24)33-7-9-37-10-8-33/h12,15-17,19,35H,2-11,13-14H2,1H3,(H,25,36)(H2,26,27,28,29,30,31)/t16-,17+,19+/m1/s1. The summed E-state index contributed by atoms with van der Waals surface area (Å²) < 4.78 is 5.51. The molecule has 3 aliphatic heterocycles. The third-order valence-corrected chi connectivity index (χ3v) is 7.57. The topological polar surface area (TPSA) is 148 Å². The molecule has 0 bridgehead atoms. The van der Waals surface area contributed by atoms with Crippen LogP contribution in [0.4, 0.5) is 23.7 Å². The van der Waals surface area contributed by atoms with Crippen LogP contribution in [0, 0.1) is 0 Å². The lowest BCUT2D eigenvalue weighted by atomic mass is 10.1. The molecular formula is C24H36N10O3. The van der Waals surface area contributed by atoms with E-state index in [-0.39, 0.29) is 18.5 Å². The highest BCUT2D eigenvalue weighted by molar-refractivity contribution is 5.86. The summed E-state index contributed by atoms with van der Waals surface area (Å²) in [5.41, 5.74) is 1.11. The maximum atomic E-state index is 13.4. The molecule has 4 N–H and O–H groups in total. The Labute approximate surface area is 216 Å². The summed E-state index contributed by atoms with van der Waals surface area (Å²) in [6.07, 6.45) is 4.06. The molecule has 1 saturated carbocycles. The third kappa shape index (κ3) is 5.63. The Morgan fingerprint density at radius 1 is 1.11 bits per heavy atom. The average molecular weight is 513 g/mol. The van der Waals surface area contributed by atoms with Crippen LogP contribution in [0.1, 0.15) is 43.7 Å². The number of carbonyl (C=O) groups is 1. The zero-order valence-electron chi connectivity index (χ0n) is 21.3. The van der Waals surface area contributed by atoms with Crippen LogP contribution in [-0.2, 0) is 9.53 Å². The second kappa shape index (κ2) is 10.4. The van der Waals surface area contributed by atoms with Gasteiger partial charge in [0.2, 0.25) is 23.8 Å². The predicted molar refractivity (Wildman–Crippen MR) is 137 cm³/mol. The molecule has 6 rings (SSSR count). The zero-order valence-corrected chi connectivity index (χ0v) is 21.3. The number of amides is 1. The normalized spacial score (nSPS) is 26.9. The van der Waals surface area contributed by atoms with Crippen molar-refractivity contribution < 1.29 is 14.6 Å². The van der Waals surface area contributed by atoms with E-state index < -0.39 is 12.1 Å². The lowest BCUT2D eigenvalue weighted by Gasteiger charge is -2.32. The van der Waals surface area contributed by atoms with E-state index in [4.69, 9.17) is 9.72 Å². The predicted octanol–water partition coefficient (Wildman–Crippen LogP) is 0.202. The Bertz CT molecular complexity index is 1100. The van der Waals surface area contributed by atoms with Gasteiger partial charge in [-0.3, -0.25) is 9.89 Å². The van der Waals surface area contributed by atoms with E-state index in [1.807, 2.05) is 11.0 Å². The van der Waals surface area contributed by atoms with E-state index in [0.717, 1.165) is 31.6 Å². The number of anilines is 4. The van der Waals surface area contributed by atoms with Gasteiger partial charge in [-0.1, -0.05) is 0 Å². The van der Waals surface area contributed by atoms with Gasteiger partial charge in [0, 0.05) is 56.3 Å². The minimum atomic E-state index is -0.641. The Balaban J connectivity index is 1.26. The lowest BCUT2D eigenvalue weighted by molar-refractivity contribution is -0.123. The van der Waals surface area contributed by atoms with Crippen LogP contribution in [0.25, 0.3) is 0 Å². The fraction of sp³-hybridized carbons (Fsp3) is 0.708. The van der Waals surface area contributed by atoms with Gasteiger partial charge in [-0.2, -0.15) is 20.1 Å².